The molecule has 1 aliphatic rings. The fraction of sp³-hybridized carbons (Fsp3) is 0.474. The van der Waals surface area contributed by atoms with Gasteiger partial charge in [0.05, 0.1) is 14.2 Å². The van der Waals surface area contributed by atoms with E-state index in [0.29, 0.717) is 30.7 Å². The minimum Gasteiger partial charge on any atom is -0.497 e. The molecule has 1 atom stereocenters. The van der Waals surface area contributed by atoms with Gasteiger partial charge >= 0.3 is 12.0 Å². The third-order valence-corrected chi connectivity index (χ3v) is 4.60. The summed E-state index contributed by atoms with van der Waals surface area (Å²) in [6.07, 6.45) is 1.44. The number of amides is 4. The first kappa shape index (κ1) is 21.2. The van der Waals surface area contributed by atoms with Crippen LogP contribution in [0.1, 0.15) is 31.7 Å². The number of imide groups is 1. The summed E-state index contributed by atoms with van der Waals surface area (Å²) >= 11 is 0. The maximum atomic E-state index is 12.8. The van der Waals surface area contributed by atoms with Crippen LogP contribution < -0.4 is 15.4 Å². The van der Waals surface area contributed by atoms with Crippen LogP contribution in [-0.2, 0) is 24.7 Å². The number of hydrogen-bond donors (Lipinski definition) is 2. The average Bonchev–Trinajstić information content (AvgIpc) is 2.91. The number of ether oxygens (including phenoxy) is 2. The normalized spacial score (nSPS) is 18.6. The number of benzene rings is 1. The molecule has 0 bridgehead atoms. The van der Waals surface area contributed by atoms with Crippen molar-refractivity contribution < 1.29 is 28.7 Å². The molecule has 1 aromatic carbocycles. The van der Waals surface area contributed by atoms with E-state index in [9.17, 15) is 19.2 Å². The molecule has 1 saturated heterocycles. The van der Waals surface area contributed by atoms with Crippen LogP contribution in [0.3, 0.4) is 0 Å². The van der Waals surface area contributed by atoms with Crippen molar-refractivity contribution in [2.24, 2.45) is 0 Å². The predicted molar refractivity (Wildman–Crippen MR) is 99.5 cm³/mol. The van der Waals surface area contributed by atoms with Crippen molar-refractivity contribution >= 4 is 23.8 Å². The van der Waals surface area contributed by atoms with Crippen LogP contribution in [0, 0.1) is 0 Å². The van der Waals surface area contributed by atoms with Crippen molar-refractivity contribution in [2.45, 2.75) is 31.7 Å². The summed E-state index contributed by atoms with van der Waals surface area (Å²) in [6.45, 7) is 1.57. The van der Waals surface area contributed by atoms with Crippen molar-refractivity contribution in [3.8, 4) is 5.75 Å². The van der Waals surface area contributed by atoms with E-state index in [2.05, 4.69) is 15.4 Å². The smallest absolute Gasteiger partial charge is 0.325 e. The van der Waals surface area contributed by atoms with E-state index in [4.69, 9.17) is 4.74 Å². The lowest BCUT2D eigenvalue weighted by atomic mass is 9.92. The summed E-state index contributed by atoms with van der Waals surface area (Å²) < 4.78 is 9.64. The number of rotatable bonds is 9. The molecule has 0 radical (unpaired) electrons. The summed E-state index contributed by atoms with van der Waals surface area (Å²) in [6, 6.07) is 6.17. The minimum absolute atomic E-state index is 0.277. The number of carbonyl (C=O) groups is 4. The summed E-state index contributed by atoms with van der Waals surface area (Å²) in [5.74, 6) is -0.611. The molecule has 0 aromatic heterocycles. The Labute approximate surface area is 163 Å². The highest BCUT2D eigenvalue weighted by atomic mass is 16.5. The Morgan fingerprint density at radius 2 is 1.82 bits per heavy atom. The highest BCUT2D eigenvalue weighted by Crippen LogP contribution is 2.29. The molecule has 1 heterocycles. The van der Waals surface area contributed by atoms with Gasteiger partial charge in [0.2, 0.25) is 5.91 Å². The molecule has 1 aromatic rings. The number of hydrogen-bond acceptors (Lipinski definition) is 6. The molecule has 4 amide bonds. The van der Waals surface area contributed by atoms with Gasteiger partial charge in [-0.3, -0.25) is 19.3 Å². The van der Waals surface area contributed by atoms with Gasteiger partial charge in [0.1, 0.15) is 17.8 Å². The van der Waals surface area contributed by atoms with Crippen molar-refractivity contribution in [1.29, 1.82) is 0 Å². The van der Waals surface area contributed by atoms with Gasteiger partial charge in [0, 0.05) is 13.0 Å². The Morgan fingerprint density at radius 1 is 1.14 bits per heavy atom. The second kappa shape index (κ2) is 9.20. The monoisotopic (exact) mass is 391 g/mol. The summed E-state index contributed by atoms with van der Waals surface area (Å²) in [7, 11) is 2.86. The quantitative estimate of drug-likeness (QED) is 0.368. The second-order valence-electron chi connectivity index (χ2n) is 6.56. The first-order valence-corrected chi connectivity index (χ1v) is 8.94. The molecule has 1 aliphatic heterocycles. The number of esters is 1. The molecule has 28 heavy (non-hydrogen) atoms. The summed E-state index contributed by atoms with van der Waals surface area (Å²) in [5.41, 5.74) is -0.651. The molecule has 152 valence electrons. The van der Waals surface area contributed by atoms with Gasteiger partial charge in [-0.2, -0.15) is 0 Å². The molecular weight excluding hydrogens is 366 g/mol. The Balaban J connectivity index is 1.90. The molecule has 1 fully saturated rings. The van der Waals surface area contributed by atoms with Crippen LogP contribution in [-0.4, -0.2) is 56.0 Å². The number of unbranched alkanes of at least 4 members (excludes halogenated alkanes) is 1. The topological polar surface area (TPSA) is 114 Å². The number of nitrogens with zero attached hydrogens (tertiary/aromatic N) is 1. The molecule has 0 aliphatic carbocycles. The van der Waals surface area contributed by atoms with Gasteiger partial charge in [-0.25, -0.2) is 4.79 Å². The summed E-state index contributed by atoms with van der Waals surface area (Å²) in [5, 5.41) is 5.29. The third kappa shape index (κ3) is 4.79. The van der Waals surface area contributed by atoms with Gasteiger partial charge in [-0.1, -0.05) is 12.1 Å². The summed E-state index contributed by atoms with van der Waals surface area (Å²) in [4.78, 5) is 49.0. The molecule has 0 spiro atoms. The number of urea groups is 1. The molecule has 2 N–H and O–H groups in total. The van der Waals surface area contributed by atoms with Gasteiger partial charge in [0.15, 0.2) is 0 Å². The molecular formula is C19H25N3O6. The van der Waals surface area contributed by atoms with Gasteiger partial charge < -0.3 is 20.1 Å². The Morgan fingerprint density at radius 3 is 2.43 bits per heavy atom. The molecule has 9 heteroatoms. The van der Waals surface area contributed by atoms with Gasteiger partial charge in [0.25, 0.3) is 5.91 Å². The Hall–Kier alpha value is -3.10. The van der Waals surface area contributed by atoms with Crippen LogP contribution in [0.5, 0.6) is 5.75 Å². The molecule has 2 rings (SSSR count). The lowest BCUT2D eigenvalue weighted by Gasteiger charge is -2.22. The zero-order chi connectivity index (χ0) is 20.7. The SMILES string of the molecule is COC(=O)CCCCNC(=O)CN1C(=O)NC(C)(c2ccc(OC)cc2)C1=O. The maximum Gasteiger partial charge on any atom is 0.325 e. The highest BCUT2D eigenvalue weighted by molar-refractivity contribution is 6.09. The zero-order valence-electron chi connectivity index (χ0n) is 16.2. The van der Waals surface area contributed by atoms with Crippen LogP contribution >= 0.6 is 0 Å². The number of carbonyl (C=O) groups excluding carboxylic acids is 4. The van der Waals surface area contributed by atoms with E-state index in [1.165, 1.54) is 14.2 Å². The highest BCUT2D eigenvalue weighted by Gasteiger charge is 2.49. The van der Waals surface area contributed by atoms with Crippen molar-refractivity contribution in [1.82, 2.24) is 15.5 Å². The lowest BCUT2D eigenvalue weighted by Crippen LogP contribution is -2.43. The van der Waals surface area contributed by atoms with Crippen LogP contribution in [0.15, 0.2) is 24.3 Å². The number of nitrogens with one attached hydrogen (secondary N) is 2. The van der Waals surface area contributed by atoms with E-state index >= 15 is 0 Å². The fourth-order valence-corrected chi connectivity index (χ4v) is 2.88. The van der Waals surface area contributed by atoms with Crippen molar-refractivity contribution in [3.63, 3.8) is 0 Å². The largest absolute Gasteiger partial charge is 0.497 e. The molecule has 9 nitrogen and oxygen atoms in total. The van der Waals surface area contributed by atoms with Crippen LogP contribution in [0.4, 0.5) is 4.79 Å². The Bertz CT molecular complexity index is 749. The minimum atomic E-state index is -1.25. The van der Waals surface area contributed by atoms with Crippen LogP contribution in [0.25, 0.3) is 0 Å². The first-order chi connectivity index (χ1) is 13.3. The van der Waals surface area contributed by atoms with E-state index in [-0.39, 0.29) is 18.9 Å². The van der Waals surface area contributed by atoms with Gasteiger partial charge in [-0.05, 0) is 37.5 Å². The van der Waals surface area contributed by atoms with E-state index in [0.717, 1.165) is 4.90 Å². The third-order valence-electron chi connectivity index (χ3n) is 4.60. The van der Waals surface area contributed by atoms with Crippen LogP contribution in [0.2, 0.25) is 0 Å². The molecule has 1 unspecified atom stereocenters. The van der Waals surface area contributed by atoms with Gasteiger partial charge in [-0.15, -0.1) is 0 Å². The van der Waals surface area contributed by atoms with E-state index in [1.54, 1.807) is 31.2 Å². The average molecular weight is 391 g/mol. The first-order valence-electron chi connectivity index (χ1n) is 8.94. The predicted octanol–water partition coefficient (Wildman–Crippen LogP) is 0.922. The van der Waals surface area contributed by atoms with Crippen molar-refractivity contribution in [2.75, 3.05) is 27.3 Å². The maximum absolute atomic E-state index is 12.8. The van der Waals surface area contributed by atoms with E-state index in [1.807, 2.05) is 0 Å². The standard InChI is InChI=1S/C19H25N3O6/c1-19(13-7-9-14(27-2)10-8-13)17(25)22(18(26)21-19)12-15(23)20-11-5-4-6-16(24)28-3/h7-10H,4-6,11-12H2,1-3H3,(H,20,23)(H,21,26). The lowest BCUT2D eigenvalue weighted by molar-refractivity contribution is -0.140. The zero-order valence-corrected chi connectivity index (χ0v) is 16.2. The fourth-order valence-electron chi connectivity index (χ4n) is 2.88. The number of methoxy groups -OCH3 is 2. The second-order valence-corrected chi connectivity index (χ2v) is 6.56. The van der Waals surface area contributed by atoms with Crippen molar-refractivity contribution in [3.05, 3.63) is 29.8 Å². The van der Waals surface area contributed by atoms with E-state index < -0.39 is 23.4 Å². The molecule has 0 saturated carbocycles. The Kier molecular flexibility index (Phi) is 6.97.